The van der Waals surface area contributed by atoms with E-state index in [-0.39, 0.29) is 64.3 Å². The van der Waals surface area contributed by atoms with Gasteiger partial charge in [0.1, 0.15) is 17.1 Å². The van der Waals surface area contributed by atoms with Crippen LogP contribution in [0.1, 0.15) is 72.9 Å². The Hall–Kier alpha value is -3.99. The van der Waals surface area contributed by atoms with Crippen molar-refractivity contribution in [2.24, 2.45) is 5.92 Å². The molecule has 3 amide bonds. The van der Waals surface area contributed by atoms with Crippen LogP contribution in [0.4, 0.5) is 11.5 Å². The Bertz CT molecular complexity index is 1430. The Balaban J connectivity index is 1.42. The quantitative estimate of drug-likeness (QED) is 0.369. The van der Waals surface area contributed by atoms with E-state index in [2.05, 4.69) is 20.6 Å². The highest BCUT2D eigenvalue weighted by atomic mass is 35.5. The normalized spacial score (nSPS) is 19.1. The molecule has 0 atom stereocenters. The number of rotatable bonds is 8. The minimum absolute atomic E-state index is 0.0415. The number of likely N-dealkylation sites (tertiary alicyclic amines) is 1. The first-order valence-corrected chi connectivity index (χ1v) is 13.8. The van der Waals surface area contributed by atoms with Crippen LogP contribution in [0.5, 0.6) is 0 Å². The second-order valence-corrected chi connectivity index (χ2v) is 10.4. The van der Waals surface area contributed by atoms with Crippen LogP contribution in [0.3, 0.4) is 0 Å². The molecule has 2 aliphatic rings. The van der Waals surface area contributed by atoms with E-state index >= 15 is 0 Å². The van der Waals surface area contributed by atoms with Crippen molar-refractivity contribution in [1.82, 2.24) is 14.9 Å². The highest BCUT2D eigenvalue weighted by Crippen LogP contribution is 2.36. The van der Waals surface area contributed by atoms with Gasteiger partial charge >= 0.3 is 5.97 Å². The molecule has 1 aliphatic heterocycles. The van der Waals surface area contributed by atoms with E-state index in [1.807, 2.05) is 11.8 Å². The number of hydrogen-bond donors (Lipinski definition) is 2. The van der Waals surface area contributed by atoms with Crippen molar-refractivity contribution in [3.05, 3.63) is 47.1 Å². The number of halogens is 1. The van der Waals surface area contributed by atoms with Gasteiger partial charge in [0.25, 0.3) is 5.91 Å². The molecule has 0 spiro atoms. The van der Waals surface area contributed by atoms with Crippen molar-refractivity contribution in [2.75, 3.05) is 23.8 Å². The summed E-state index contributed by atoms with van der Waals surface area (Å²) in [5.74, 6) is -1.80. The lowest BCUT2D eigenvalue weighted by Gasteiger charge is -2.34. The first-order valence-electron chi connectivity index (χ1n) is 13.5. The number of esters is 1. The highest BCUT2D eigenvalue weighted by molar-refractivity contribution is 6.30. The summed E-state index contributed by atoms with van der Waals surface area (Å²) in [6, 6.07) is 4.76. The summed E-state index contributed by atoms with van der Waals surface area (Å²) in [6.07, 6.45) is 7.47. The summed E-state index contributed by atoms with van der Waals surface area (Å²) in [4.78, 5) is 62.0. The average Bonchev–Trinajstić information content (AvgIpc) is 3.56. The largest absolute Gasteiger partial charge is 0.461 e. The van der Waals surface area contributed by atoms with Crippen LogP contribution in [-0.2, 0) is 14.3 Å². The molecule has 2 N–H and O–H groups in total. The van der Waals surface area contributed by atoms with Crippen molar-refractivity contribution >= 4 is 57.8 Å². The number of carbonyl (C=O) groups excluding carboxylic acids is 4. The minimum atomic E-state index is -0.689. The third kappa shape index (κ3) is 5.79. The molecule has 1 saturated carbocycles. The van der Waals surface area contributed by atoms with Gasteiger partial charge in [-0.1, -0.05) is 18.5 Å². The molecule has 1 aliphatic carbocycles. The zero-order chi connectivity index (χ0) is 28.2. The fraction of sp³-hybridized carbons (Fsp3) is 0.429. The predicted octanol–water partition coefficient (Wildman–Crippen LogP) is 4.82. The summed E-state index contributed by atoms with van der Waals surface area (Å²) < 4.78 is 11.2. The Morgan fingerprint density at radius 2 is 1.93 bits per heavy atom. The molecule has 0 aromatic carbocycles. The molecule has 4 heterocycles. The fourth-order valence-corrected chi connectivity index (χ4v) is 5.41. The Kier molecular flexibility index (Phi) is 8.29. The van der Waals surface area contributed by atoms with Gasteiger partial charge in [0.15, 0.2) is 5.69 Å². The summed E-state index contributed by atoms with van der Waals surface area (Å²) in [7, 11) is 0. The third-order valence-electron chi connectivity index (χ3n) is 7.27. The van der Waals surface area contributed by atoms with E-state index < -0.39 is 11.9 Å². The molecule has 40 heavy (non-hydrogen) atoms. The number of furan rings is 1. The van der Waals surface area contributed by atoms with E-state index in [1.54, 1.807) is 6.07 Å². The number of amides is 3. The van der Waals surface area contributed by atoms with Gasteiger partial charge in [-0.05, 0) is 56.7 Å². The van der Waals surface area contributed by atoms with Crippen LogP contribution < -0.4 is 10.6 Å². The summed E-state index contributed by atoms with van der Waals surface area (Å²) in [5.41, 5.74) is 0.170. The smallest absolute Gasteiger partial charge is 0.357 e. The first kappa shape index (κ1) is 27.6. The average molecular weight is 568 g/mol. The van der Waals surface area contributed by atoms with Gasteiger partial charge < -0.3 is 24.7 Å². The Morgan fingerprint density at radius 3 is 2.60 bits per heavy atom. The number of nitrogens with zero attached hydrogens (tertiary/aromatic N) is 3. The van der Waals surface area contributed by atoms with Gasteiger partial charge in [0, 0.05) is 37.3 Å². The van der Waals surface area contributed by atoms with Gasteiger partial charge in [-0.2, -0.15) is 0 Å². The number of ether oxygens (including phenoxy) is 1. The molecule has 3 aromatic rings. The maximum Gasteiger partial charge on any atom is 0.357 e. The number of anilines is 2. The lowest BCUT2D eigenvalue weighted by atomic mass is 9.84. The Morgan fingerprint density at radius 1 is 1.12 bits per heavy atom. The molecule has 2 fully saturated rings. The van der Waals surface area contributed by atoms with Crippen LogP contribution in [-0.4, -0.2) is 57.8 Å². The molecule has 3 aromatic heterocycles. The van der Waals surface area contributed by atoms with Crippen LogP contribution in [0.15, 0.2) is 35.0 Å². The zero-order valence-electron chi connectivity index (χ0n) is 22.1. The maximum absolute atomic E-state index is 13.5. The van der Waals surface area contributed by atoms with Crippen LogP contribution in [0.2, 0.25) is 5.02 Å². The first-order chi connectivity index (χ1) is 19.4. The third-order valence-corrected chi connectivity index (χ3v) is 7.50. The van der Waals surface area contributed by atoms with Crippen molar-refractivity contribution < 1.29 is 28.3 Å². The monoisotopic (exact) mass is 567 g/mol. The molecule has 1 saturated heterocycles. The van der Waals surface area contributed by atoms with E-state index in [0.717, 1.165) is 25.8 Å². The maximum atomic E-state index is 13.5. The lowest BCUT2D eigenvalue weighted by Crippen LogP contribution is -2.40. The number of nitrogens with one attached hydrogen (secondary N) is 2. The minimum Gasteiger partial charge on any atom is -0.461 e. The highest BCUT2D eigenvalue weighted by Gasteiger charge is 2.35. The van der Waals surface area contributed by atoms with Gasteiger partial charge in [-0.3, -0.25) is 14.4 Å². The van der Waals surface area contributed by atoms with E-state index in [4.69, 9.17) is 20.8 Å². The van der Waals surface area contributed by atoms with Crippen molar-refractivity contribution in [1.29, 1.82) is 0 Å². The molecule has 11 nitrogen and oxygen atoms in total. The summed E-state index contributed by atoms with van der Waals surface area (Å²) in [5, 5.41) is 6.08. The molecule has 0 unspecified atom stereocenters. The standard InChI is InChI=1S/C28H30ClN5O6/c1-2-14-39-28(38)24-22-19(11-12-30-24)40-25(27(37)32-20-10-7-17(29)15-31-20)23(22)33-26(36)16-5-8-18(9-6-16)34-13-3-4-21(34)35/h7,10-12,15-16,18H,2-6,8-9,13-14H2,1H3,(H,33,36)(H,31,32,37)/t16-,18-. The summed E-state index contributed by atoms with van der Waals surface area (Å²) >= 11 is 5.90. The van der Waals surface area contributed by atoms with Gasteiger partial charge in [0.05, 0.1) is 17.0 Å². The second-order valence-electron chi connectivity index (χ2n) is 9.98. The van der Waals surface area contributed by atoms with E-state index in [0.29, 0.717) is 30.7 Å². The molecular formula is C28H30ClN5O6. The van der Waals surface area contributed by atoms with Crippen LogP contribution in [0.25, 0.3) is 11.0 Å². The molecule has 12 heteroatoms. The van der Waals surface area contributed by atoms with E-state index in [1.165, 1.54) is 24.5 Å². The number of aromatic nitrogens is 2. The number of hydrogen-bond acceptors (Lipinski definition) is 8. The zero-order valence-corrected chi connectivity index (χ0v) is 22.8. The lowest BCUT2D eigenvalue weighted by molar-refractivity contribution is -0.130. The van der Waals surface area contributed by atoms with Crippen molar-refractivity contribution in [2.45, 2.75) is 57.9 Å². The van der Waals surface area contributed by atoms with Gasteiger partial charge in [0.2, 0.25) is 17.6 Å². The van der Waals surface area contributed by atoms with Crippen LogP contribution in [0, 0.1) is 5.92 Å². The van der Waals surface area contributed by atoms with Gasteiger partial charge in [-0.15, -0.1) is 0 Å². The van der Waals surface area contributed by atoms with Crippen LogP contribution >= 0.6 is 11.6 Å². The Labute approximate surface area is 235 Å². The molecule has 210 valence electrons. The molecular weight excluding hydrogens is 538 g/mol. The topological polar surface area (TPSA) is 144 Å². The number of pyridine rings is 2. The second kappa shape index (κ2) is 12.0. The molecule has 0 bridgehead atoms. The number of carbonyl (C=O) groups is 4. The number of fused-ring (bicyclic) bond motifs is 1. The molecule has 0 radical (unpaired) electrons. The summed E-state index contributed by atoms with van der Waals surface area (Å²) in [6.45, 7) is 2.83. The fourth-order valence-electron chi connectivity index (χ4n) is 5.30. The SMILES string of the molecule is CCCOC(=O)c1nccc2oc(C(=O)Nc3ccc(Cl)cn3)c(NC(=O)[C@H]3CC[C@H](N4CCCC4=O)CC3)c12. The van der Waals surface area contributed by atoms with Crippen molar-refractivity contribution in [3.8, 4) is 0 Å². The predicted molar refractivity (Wildman–Crippen MR) is 147 cm³/mol. The van der Waals surface area contributed by atoms with Gasteiger partial charge in [-0.25, -0.2) is 14.8 Å². The van der Waals surface area contributed by atoms with Crippen molar-refractivity contribution in [3.63, 3.8) is 0 Å². The molecule has 5 rings (SSSR count). The van der Waals surface area contributed by atoms with E-state index in [9.17, 15) is 19.2 Å².